The highest BCUT2D eigenvalue weighted by atomic mass is 32.2. The summed E-state index contributed by atoms with van der Waals surface area (Å²) in [5, 5.41) is 15.0. The molecule has 0 saturated heterocycles. The van der Waals surface area contributed by atoms with Crippen molar-refractivity contribution in [2.75, 3.05) is 24.7 Å². The summed E-state index contributed by atoms with van der Waals surface area (Å²) >= 11 is 2.96. The van der Waals surface area contributed by atoms with Crippen LogP contribution in [0.25, 0.3) is 0 Å². The average Bonchev–Trinajstić information content (AvgIpc) is 3.24. The van der Waals surface area contributed by atoms with Gasteiger partial charge < -0.3 is 10.1 Å². The fraction of sp³-hybridized carbons (Fsp3) is 0.273. The summed E-state index contributed by atoms with van der Waals surface area (Å²) in [6, 6.07) is 14.5. The van der Waals surface area contributed by atoms with Crippen molar-refractivity contribution in [3.05, 3.63) is 64.7 Å². The Hall–Kier alpha value is -2.91. The van der Waals surface area contributed by atoms with E-state index in [1.165, 1.54) is 11.3 Å². The summed E-state index contributed by atoms with van der Waals surface area (Å²) in [6.45, 7) is 2.52. The maximum Gasteiger partial charge on any atom is 0.258 e. The molecule has 0 aliphatic rings. The maximum absolute atomic E-state index is 12.7. The molecule has 0 atom stereocenters. The zero-order chi connectivity index (χ0) is 22.1. The summed E-state index contributed by atoms with van der Waals surface area (Å²) in [5.74, 6) is 1.20. The van der Waals surface area contributed by atoms with E-state index in [-0.39, 0.29) is 11.8 Å². The van der Waals surface area contributed by atoms with Crippen molar-refractivity contribution in [3.63, 3.8) is 0 Å². The molecule has 2 amide bonds. The number of benzene rings is 2. The lowest BCUT2D eigenvalue weighted by molar-refractivity contribution is 0.0953. The number of rotatable bonds is 10. The van der Waals surface area contributed by atoms with Crippen LogP contribution >= 0.6 is 23.1 Å². The Labute approximate surface area is 189 Å². The summed E-state index contributed by atoms with van der Waals surface area (Å²) in [5.41, 5.74) is 1.16. The highest BCUT2D eigenvalue weighted by molar-refractivity contribution is 7.99. The Morgan fingerprint density at radius 1 is 1.10 bits per heavy atom. The first-order chi connectivity index (χ1) is 15.1. The summed E-state index contributed by atoms with van der Waals surface area (Å²) < 4.78 is 5.14. The lowest BCUT2D eigenvalue weighted by Gasteiger charge is -2.07. The predicted molar refractivity (Wildman–Crippen MR) is 124 cm³/mol. The van der Waals surface area contributed by atoms with Gasteiger partial charge in [-0.3, -0.25) is 14.9 Å². The number of hydrogen-bond acceptors (Lipinski definition) is 7. The molecule has 0 radical (unpaired) electrons. The molecule has 0 aliphatic heterocycles. The van der Waals surface area contributed by atoms with Crippen LogP contribution < -0.4 is 15.4 Å². The van der Waals surface area contributed by atoms with E-state index in [9.17, 15) is 9.59 Å². The zero-order valence-electron chi connectivity index (χ0n) is 17.4. The van der Waals surface area contributed by atoms with Gasteiger partial charge in [0.1, 0.15) is 10.8 Å². The van der Waals surface area contributed by atoms with Crippen LogP contribution in [0, 0.1) is 0 Å². The van der Waals surface area contributed by atoms with Gasteiger partial charge in [0.2, 0.25) is 5.13 Å². The third-order valence-electron chi connectivity index (χ3n) is 4.24. The number of anilines is 1. The molecule has 1 heterocycles. The third kappa shape index (κ3) is 6.53. The highest BCUT2D eigenvalue weighted by Gasteiger charge is 2.14. The fourth-order valence-electron chi connectivity index (χ4n) is 2.71. The number of aromatic nitrogens is 2. The van der Waals surface area contributed by atoms with E-state index in [1.54, 1.807) is 43.1 Å². The molecule has 0 saturated carbocycles. The highest BCUT2D eigenvalue weighted by Crippen LogP contribution is 2.25. The molecule has 0 unspecified atom stereocenters. The summed E-state index contributed by atoms with van der Waals surface area (Å²) in [6.07, 6.45) is 1.56. The quantitative estimate of drug-likeness (QED) is 0.443. The van der Waals surface area contributed by atoms with Gasteiger partial charge in [-0.05, 0) is 42.5 Å². The Balaban J connectivity index is 1.52. The van der Waals surface area contributed by atoms with E-state index in [0.717, 1.165) is 22.1 Å². The molecule has 0 fully saturated rings. The minimum absolute atomic E-state index is 0.182. The van der Waals surface area contributed by atoms with Crippen molar-refractivity contribution in [1.29, 1.82) is 0 Å². The van der Waals surface area contributed by atoms with Crippen LogP contribution in [0.15, 0.2) is 53.4 Å². The number of amides is 2. The second kappa shape index (κ2) is 11.5. The van der Waals surface area contributed by atoms with Crippen LogP contribution in [0.4, 0.5) is 5.13 Å². The number of nitrogens with one attached hydrogen (secondary N) is 2. The van der Waals surface area contributed by atoms with Crippen molar-refractivity contribution in [2.45, 2.75) is 24.7 Å². The third-order valence-corrected chi connectivity index (χ3v) is 6.41. The van der Waals surface area contributed by atoms with Crippen LogP contribution in [0.2, 0.25) is 0 Å². The Morgan fingerprint density at radius 3 is 2.74 bits per heavy atom. The number of nitrogens with zero attached hydrogens (tertiary/aromatic N) is 2. The molecule has 0 bridgehead atoms. The lowest BCUT2D eigenvalue weighted by atomic mass is 10.2. The molecule has 2 aromatic carbocycles. The van der Waals surface area contributed by atoms with Gasteiger partial charge in [0.25, 0.3) is 11.8 Å². The van der Waals surface area contributed by atoms with E-state index in [0.29, 0.717) is 35.0 Å². The second-order valence-electron chi connectivity index (χ2n) is 6.54. The molecule has 7 nitrogen and oxygen atoms in total. The second-order valence-corrected chi connectivity index (χ2v) is 8.74. The number of methoxy groups -OCH3 is 1. The van der Waals surface area contributed by atoms with Crippen molar-refractivity contribution in [2.24, 2.45) is 0 Å². The molecule has 31 heavy (non-hydrogen) atoms. The monoisotopic (exact) mass is 456 g/mol. The van der Waals surface area contributed by atoms with Gasteiger partial charge in [0.05, 0.1) is 12.7 Å². The van der Waals surface area contributed by atoms with Crippen molar-refractivity contribution in [3.8, 4) is 5.75 Å². The van der Waals surface area contributed by atoms with Gasteiger partial charge in [-0.15, -0.1) is 22.0 Å². The molecule has 162 valence electrons. The van der Waals surface area contributed by atoms with Crippen LogP contribution in [0.5, 0.6) is 5.75 Å². The fourth-order valence-corrected chi connectivity index (χ4v) is 4.36. The van der Waals surface area contributed by atoms with Gasteiger partial charge in [0.15, 0.2) is 0 Å². The van der Waals surface area contributed by atoms with Crippen LogP contribution in [0.1, 0.15) is 39.1 Å². The number of hydrogen-bond donors (Lipinski definition) is 2. The topological polar surface area (TPSA) is 93.2 Å². The molecule has 3 rings (SSSR count). The average molecular weight is 457 g/mol. The van der Waals surface area contributed by atoms with E-state index < -0.39 is 0 Å². The largest absolute Gasteiger partial charge is 0.497 e. The van der Waals surface area contributed by atoms with Gasteiger partial charge in [-0.2, -0.15) is 0 Å². The number of thioether (sulfide) groups is 1. The SMILES string of the molecule is CCCSc1ccccc1C(=O)Nc1nnc(CCNC(=O)c2cccc(OC)c2)s1. The smallest absolute Gasteiger partial charge is 0.258 e. The molecular weight excluding hydrogens is 432 g/mol. The lowest BCUT2D eigenvalue weighted by Crippen LogP contribution is -2.25. The number of carbonyl (C=O) groups is 2. The van der Waals surface area contributed by atoms with Crippen LogP contribution in [0.3, 0.4) is 0 Å². The van der Waals surface area contributed by atoms with Crippen molar-refractivity contribution in [1.82, 2.24) is 15.5 Å². The minimum Gasteiger partial charge on any atom is -0.497 e. The van der Waals surface area contributed by atoms with Crippen LogP contribution in [-0.4, -0.2) is 41.4 Å². The number of ether oxygens (including phenoxy) is 1. The molecule has 0 spiro atoms. The molecule has 3 aromatic rings. The maximum atomic E-state index is 12.7. The summed E-state index contributed by atoms with van der Waals surface area (Å²) in [7, 11) is 1.56. The normalized spacial score (nSPS) is 10.5. The van der Waals surface area contributed by atoms with Gasteiger partial charge in [-0.1, -0.05) is 36.5 Å². The molecule has 1 aromatic heterocycles. The van der Waals surface area contributed by atoms with Gasteiger partial charge >= 0.3 is 0 Å². The van der Waals surface area contributed by atoms with E-state index in [4.69, 9.17) is 4.74 Å². The zero-order valence-corrected chi connectivity index (χ0v) is 19.0. The van der Waals surface area contributed by atoms with Gasteiger partial charge in [0, 0.05) is 23.4 Å². The standard InChI is InChI=1S/C22H24N4O3S2/c1-3-13-30-18-10-5-4-9-17(18)21(28)24-22-26-25-19(31-22)11-12-23-20(27)15-7-6-8-16(14-15)29-2/h4-10,14H,3,11-13H2,1-2H3,(H,23,27)(H,24,26,28). The van der Waals surface area contributed by atoms with E-state index in [1.807, 2.05) is 24.3 Å². The van der Waals surface area contributed by atoms with E-state index in [2.05, 4.69) is 27.8 Å². The van der Waals surface area contributed by atoms with E-state index >= 15 is 0 Å². The first kappa shape index (κ1) is 22.8. The van der Waals surface area contributed by atoms with Crippen molar-refractivity contribution >= 4 is 40.0 Å². The van der Waals surface area contributed by atoms with Crippen LogP contribution in [-0.2, 0) is 6.42 Å². The summed E-state index contributed by atoms with van der Waals surface area (Å²) in [4.78, 5) is 25.9. The first-order valence-electron chi connectivity index (χ1n) is 9.88. The minimum atomic E-state index is -0.201. The number of carbonyl (C=O) groups excluding carboxylic acids is 2. The molecule has 9 heteroatoms. The first-order valence-corrected chi connectivity index (χ1v) is 11.7. The predicted octanol–water partition coefficient (Wildman–Crippen LogP) is 4.27. The Bertz CT molecular complexity index is 1040. The van der Waals surface area contributed by atoms with Gasteiger partial charge in [-0.25, -0.2) is 0 Å². The molecular formula is C22H24N4O3S2. The molecule has 0 aliphatic carbocycles. The molecule has 2 N–H and O–H groups in total. The van der Waals surface area contributed by atoms with Crippen molar-refractivity contribution < 1.29 is 14.3 Å². The Morgan fingerprint density at radius 2 is 1.94 bits per heavy atom. The Kier molecular flexibility index (Phi) is 8.43.